The van der Waals surface area contributed by atoms with Crippen LogP contribution in [0.1, 0.15) is 51.0 Å². The van der Waals surface area contributed by atoms with Crippen molar-refractivity contribution in [3.8, 4) is 0 Å². The first-order chi connectivity index (χ1) is 8.63. The number of nitrogens with two attached hydrogens (primary N) is 1. The second kappa shape index (κ2) is 5.83. The summed E-state index contributed by atoms with van der Waals surface area (Å²) in [5.74, 6) is 0.727. The van der Waals surface area contributed by atoms with Gasteiger partial charge in [-0.3, -0.25) is 0 Å². The van der Waals surface area contributed by atoms with Crippen LogP contribution in [0.25, 0.3) is 0 Å². The Bertz CT molecular complexity index is 380. The Morgan fingerprint density at radius 1 is 1.28 bits per heavy atom. The average Bonchev–Trinajstić information content (AvgIpc) is 2.36. The molecule has 0 bridgehead atoms. The van der Waals surface area contributed by atoms with Gasteiger partial charge in [0.25, 0.3) is 0 Å². The van der Waals surface area contributed by atoms with E-state index in [4.69, 9.17) is 5.73 Å². The fourth-order valence-electron chi connectivity index (χ4n) is 3.15. The molecule has 18 heavy (non-hydrogen) atoms. The fraction of sp³-hybridized carbons (Fsp3) is 0.625. The summed E-state index contributed by atoms with van der Waals surface area (Å²) in [5.41, 5.74) is 7.04. The van der Waals surface area contributed by atoms with Crippen molar-refractivity contribution >= 4 is 0 Å². The number of hydrogen-bond acceptors (Lipinski definition) is 1. The van der Waals surface area contributed by atoms with Crippen LogP contribution in [0.5, 0.6) is 0 Å². The van der Waals surface area contributed by atoms with Gasteiger partial charge in [0.05, 0.1) is 0 Å². The van der Waals surface area contributed by atoms with Gasteiger partial charge >= 0.3 is 0 Å². The van der Waals surface area contributed by atoms with E-state index in [1.54, 1.807) is 6.07 Å². The van der Waals surface area contributed by atoms with E-state index >= 15 is 0 Å². The molecule has 0 aromatic heterocycles. The third-order valence-corrected chi connectivity index (χ3v) is 4.30. The molecule has 0 radical (unpaired) electrons. The lowest BCUT2D eigenvalue weighted by Crippen LogP contribution is -2.45. The summed E-state index contributed by atoms with van der Waals surface area (Å²) in [6, 6.07) is 7.02. The summed E-state index contributed by atoms with van der Waals surface area (Å²) >= 11 is 0. The molecule has 2 N–H and O–H groups in total. The molecule has 1 aromatic rings. The fourth-order valence-corrected chi connectivity index (χ4v) is 3.15. The first-order valence-corrected chi connectivity index (χ1v) is 7.15. The summed E-state index contributed by atoms with van der Waals surface area (Å²) in [6.07, 6.45) is 7.74. The van der Waals surface area contributed by atoms with Gasteiger partial charge in [-0.15, -0.1) is 0 Å². The third kappa shape index (κ3) is 3.32. The smallest absolute Gasteiger partial charge is 0.126 e. The minimum Gasteiger partial charge on any atom is -0.325 e. The first-order valence-electron chi connectivity index (χ1n) is 7.15. The molecule has 0 saturated heterocycles. The van der Waals surface area contributed by atoms with Crippen LogP contribution in [0.15, 0.2) is 24.3 Å². The molecule has 1 saturated carbocycles. The summed E-state index contributed by atoms with van der Waals surface area (Å²) in [7, 11) is 0. The Morgan fingerprint density at radius 3 is 2.56 bits per heavy atom. The van der Waals surface area contributed by atoms with Gasteiger partial charge in [-0.1, -0.05) is 38.0 Å². The summed E-state index contributed by atoms with van der Waals surface area (Å²) < 4.78 is 13.7. The normalized spacial score (nSPS) is 28.3. The van der Waals surface area contributed by atoms with Gasteiger partial charge < -0.3 is 5.73 Å². The molecule has 1 nitrogen and oxygen atoms in total. The van der Waals surface area contributed by atoms with E-state index in [1.807, 2.05) is 12.1 Å². The van der Waals surface area contributed by atoms with Gasteiger partial charge in [0.2, 0.25) is 0 Å². The van der Waals surface area contributed by atoms with Gasteiger partial charge in [-0.25, -0.2) is 4.39 Å². The molecule has 0 atom stereocenters. The van der Waals surface area contributed by atoms with Crippen LogP contribution in [-0.4, -0.2) is 5.54 Å². The Labute approximate surface area is 110 Å². The van der Waals surface area contributed by atoms with Crippen molar-refractivity contribution in [2.24, 2.45) is 11.7 Å². The molecular formula is C16H24FN. The molecule has 2 heteroatoms. The highest BCUT2D eigenvalue weighted by Gasteiger charge is 2.31. The maximum Gasteiger partial charge on any atom is 0.126 e. The summed E-state index contributed by atoms with van der Waals surface area (Å²) in [6.45, 7) is 2.24. The highest BCUT2D eigenvalue weighted by atomic mass is 19.1. The van der Waals surface area contributed by atoms with Gasteiger partial charge in [0.15, 0.2) is 0 Å². The first kappa shape index (κ1) is 13.5. The van der Waals surface area contributed by atoms with Crippen molar-refractivity contribution in [3.05, 3.63) is 35.6 Å². The van der Waals surface area contributed by atoms with Gasteiger partial charge in [-0.05, 0) is 49.7 Å². The highest BCUT2D eigenvalue weighted by molar-refractivity contribution is 5.20. The summed E-state index contributed by atoms with van der Waals surface area (Å²) in [4.78, 5) is 0. The van der Waals surface area contributed by atoms with Crippen LogP contribution in [0.4, 0.5) is 4.39 Å². The minimum atomic E-state index is -0.188. The number of benzene rings is 1. The maximum atomic E-state index is 13.7. The van der Waals surface area contributed by atoms with E-state index in [1.165, 1.54) is 31.7 Å². The van der Waals surface area contributed by atoms with Gasteiger partial charge in [0.1, 0.15) is 5.82 Å². The predicted octanol–water partition coefficient (Wildman–Crippen LogP) is 4.06. The van der Waals surface area contributed by atoms with Crippen molar-refractivity contribution in [1.82, 2.24) is 0 Å². The molecule has 2 rings (SSSR count). The zero-order valence-electron chi connectivity index (χ0n) is 11.3. The monoisotopic (exact) mass is 249 g/mol. The Hall–Kier alpha value is -0.890. The molecule has 0 aliphatic heterocycles. The standard InChI is InChI=1S/C16H24FN/c1-2-5-13-8-10-16(18,11-9-13)12-14-6-3-4-7-15(14)17/h3-4,6-7,13H,2,5,8-12,18H2,1H3. The summed E-state index contributed by atoms with van der Waals surface area (Å²) in [5, 5.41) is 0. The van der Waals surface area contributed by atoms with Crippen molar-refractivity contribution < 1.29 is 4.39 Å². The number of halogens is 1. The number of rotatable bonds is 4. The molecule has 0 unspecified atom stereocenters. The third-order valence-electron chi connectivity index (χ3n) is 4.30. The van der Waals surface area contributed by atoms with Crippen LogP contribution in [-0.2, 0) is 6.42 Å². The van der Waals surface area contributed by atoms with Crippen molar-refractivity contribution in [2.75, 3.05) is 0 Å². The van der Waals surface area contributed by atoms with Crippen molar-refractivity contribution in [2.45, 2.75) is 57.4 Å². The Balaban J connectivity index is 1.96. The van der Waals surface area contributed by atoms with Crippen LogP contribution in [0.2, 0.25) is 0 Å². The Morgan fingerprint density at radius 2 is 1.94 bits per heavy atom. The lowest BCUT2D eigenvalue weighted by Gasteiger charge is -2.37. The lowest BCUT2D eigenvalue weighted by atomic mass is 9.73. The second-order valence-corrected chi connectivity index (χ2v) is 5.86. The molecule has 1 aliphatic rings. The van der Waals surface area contributed by atoms with Gasteiger partial charge in [-0.2, -0.15) is 0 Å². The minimum absolute atomic E-state index is 0.113. The highest BCUT2D eigenvalue weighted by Crippen LogP contribution is 2.35. The van der Waals surface area contributed by atoms with Crippen LogP contribution in [0.3, 0.4) is 0 Å². The lowest BCUT2D eigenvalue weighted by molar-refractivity contribution is 0.222. The number of hydrogen-bond donors (Lipinski definition) is 1. The molecule has 0 heterocycles. The molecule has 1 fully saturated rings. The van der Waals surface area contributed by atoms with E-state index in [2.05, 4.69) is 6.92 Å². The second-order valence-electron chi connectivity index (χ2n) is 5.86. The molecule has 100 valence electrons. The quantitative estimate of drug-likeness (QED) is 0.855. The van der Waals surface area contributed by atoms with Crippen molar-refractivity contribution in [1.29, 1.82) is 0 Å². The molecule has 0 spiro atoms. The SMILES string of the molecule is CCCC1CCC(N)(Cc2ccccc2F)CC1. The van der Waals surface area contributed by atoms with E-state index in [0.29, 0.717) is 6.42 Å². The molecule has 1 aliphatic carbocycles. The zero-order chi connectivity index (χ0) is 13.0. The Kier molecular flexibility index (Phi) is 4.39. The topological polar surface area (TPSA) is 26.0 Å². The maximum absolute atomic E-state index is 13.7. The van der Waals surface area contributed by atoms with E-state index < -0.39 is 0 Å². The zero-order valence-corrected chi connectivity index (χ0v) is 11.3. The van der Waals surface area contributed by atoms with E-state index in [-0.39, 0.29) is 11.4 Å². The van der Waals surface area contributed by atoms with Crippen molar-refractivity contribution in [3.63, 3.8) is 0 Å². The van der Waals surface area contributed by atoms with Crippen LogP contribution in [0, 0.1) is 11.7 Å². The molecule has 1 aromatic carbocycles. The molecular weight excluding hydrogens is 225 g/mol. The predicted molar refractivity (Wildman–Crippen MR) is 73.9 cm³/mol. The largest absolute Gasteiger partial charge is 0.325 e. The molecule has 0 amide bonds. The van der Waals surface area contributed by atoms with Gasteiger partial charge in [0, 0.05) is 5.54 Å². The van der Waals surface area contributed by atoms with Crippen LogP contribution >= 0.6 is 0 Å². The van der Waals surface area contributed by atoms with E-state index in [9.17, 15) is 4.39 Å². The average molecular weight is 249 g/mol. The van der Waals surface area contributed by atoms with E-state index in [0.717, 1.165) is 24.3 Å². The van der Waals surface area contributed by atoms with Crippen LogP contribution < -0.4 is 5.73 Å².